The highest BCUT2D eigenvalue weighted by atomic mass is 16.5. The van der Waals surface area contributed by atoms with Crippen LogP contribution in [0.2, 0.25) is 0 Å². The Hall–Kier alpha value is -2.14. The minimum atomic E-state index is -0.176. The van der Waals surface area contributed by atoms with Crippen LogP contribution in [-0.4, -0.2) is 21.3 Å². The Kier molecular flexibility index (Phi) is 2.83. The average Bonchev–Trinajstić information content (AvgIpc) is 2.91. The highest BCUT2D eigenvalue weighted by molar-refractivity contribution is 5.77. The van der Waals surface area contributed by atoms with Crippen LogP contribution in [0.5, 0.6) is 11.5 Å². The molecule has 0 amide bonds. The van der Waals surface area contributed by atoms with E-state index in [1.807, 2.05) is 18.2 Å². The monoisotopic (exact) mass is 261 g/mol. The van der Waals surface area contributed by atoms with Gasteiger partial charge in [0.25, 0.3) is 0 Å². The third-order valence-electron chi connectivity index (χ3n) is 3.31. The molecule has 0 bridgehead atoms. The van der Waals surface area contributed by atoms with Crippen molar-refractivity contribution in [3.63, 3.8) is 0 Å². The van der Waals surface area contributed by atoms with Gasteiger partial charge in [0.1, 0.15) is 6.10 Å². The van der Waals surface area contributed by atoms with Gasteiger partial charge in [0, 0.05) is 18.2 Å². The summed E-state index contributed by atoms with van der Waals surface area (Å²) >= 11 is 0. The molecule has 0 saturated carbocycles. The summed E-state index contributed by atoms with van der Waals surface area (Å²) in [7, 11) is 4.89. The number of furan rings is 1. The topological polar surface area (TPSA) is 52.9 Å². The van der Waals surface area contributed by atoms with Crippen LogP contribution in [0.3, 0.4) is 0 Å². The maximum absolute atomic E-state index is 5.58. The van der Waals surface area contributed by atoms with Gasteiger partial charge in [-0.15, -0.1) is 0 Å². The first-order chi connectivity index (χ1) is 9.30. The molecule has 0 aliphatic carbocycles. The fourth-order valence-corrected chi connectivity index (χ4v) is 2.45. The van der Waals surface area contributed by atoms with Crippen LogP contribution in [0.4, 0.5) is 11.6 Å². The zero-order valence-electron chi connectivity index (χ0n) is 11.0. The average molecular weight is 261 g/mol. The molecule has 0 spiro atoms. The SMILES string of the molecule is COc1ccc2c(c1OC)Nc1occc1[C@@H]2OC. The molecule has 19 heavy (non-hydrogen) atoms. The predicted octanol–water partition coefficient (Wildman–Crippen LogP) is 3.09. The number of fused-ring (bicyclic) bond motifs is 2. The summed E-state index contributed by atoms with van der Waals surface area (Å²) in [5, 5.41) is 3.23. The smallest absolute Gasteiger partial charge is 0.203 e. The molecule has 1 aromatic heterocycles. The van der Waals surface area contributed by atoms with Gasteiger partial charge in [0.2, 0.25) is 5.88 Å². The maximum Gasteiger partial charge on any atom is 0.203 e. The molecule has 0 radical (unpaired) electrons. The molecule has 3 rings (SSSR count). The van der Waals surface area contributed by atoms with E-state index in [9.17, 15) is 0 Å². The van der Waals surface area contributed by atoms with E-state index in [4.69, 9.17) is 18.6 Å². The predicted molar refractivity (Wildman–Crippen MR) is 70.4 cm³/mol. The van der Waals surface area contributed by atoms with Crippen molar-refractivity contribution >= 4 is 11.6 Å². The number of hydrogen-bond acceptors (Lipinski definition) is 5. The van der Waals surface area contributed by atoms with E-state index in [1.165, 1.54) is 0 Å². The quantitative estimate of drug-likeness (QED) is 0.920. The van der Waals surface area contributed by atoms with Gasteiger partial charge < -0.3 is 23.9 Å². The van der Waals surface area contributed by atoms with Crippen molar-refractivity contribution in [1.29, 1.82) is 0 Å². The first-order valence-corrected chi connectivity index (χ1v) is 5.92. The van der Waals surface area contributed by atoms with E-state index in [0.29, 0.717) is 17.4 Å². The van der Waals surface area contributed by atoms with Crippen molar-refractivity contribution in [1.82, 2.24) is 0 Å². The molecule has 1 aromatic carbocycles. The van der Waals surface area contributed by atoms with Crippen molar-refractivity contribution in [2.75, 3.05) is 26.6 Å². The van der Waals surface area contributed by atoms with Gasteiger partial charge in [-0.05, 0) is 12.1 Å². The van der Waals surface area contributed by atoms with Gasteiger partial charge in [0.05, 0.1) is 26.2 Å². The van der Waals surface area contributed by atoms with Crippen LogP contribution >= 0.6 is 0 Å². The summed E-state index contributed by atoms with van der Waals surface area (Å²) < 4.78 is 21.7. The maximum atomic E-state index is 5.58. The summed E-state index contributed by atoms with van der Waals surface area (Å²) in [5.74, 6) is 1.98. The number of anilines is 2. The lowest BCUT2D eigenvalue weighted by Gasteiger charge is -2.27. The van der Waals surface area contributed by atoms with Gasteiger partial charge in [-0.1, -0.05) is 6.07 Å². The highest BCUT2D eigenvalue weighted by Gasteiger charge is 2.31. The van der Waals surface area contributed by atoms with Gasteiger partial charge >= 0.3 is 0 Å². The largest absolute Gasteiger partial charge is 0.493 e. The summed E-state index contributed by atoms with van der Waals surface area (Å²) in [6.45, 7) is 0. The van der Waals surface area contributed by atoms with Crippen LogP contribution in [0.15, 0.2) is 28.9 Å². The van der Waals surface area contributed by atoms with Crippen LogP contribution in [-0.2, 0) is 4.74 Å². The Morgan fingerprint density at radius 2 is 1.89 bits per heavy atom. The fourth-order valence-electron chi connectivity index (χ4n) is 2.45. The Morgan fingerprint density at radius 1 is 1.05 bits per heavy atom. The van der Waals surface area contributed by atoms with Gasteiger partial charge in [-0.3, -0.25) is 0 Å². The fraction of sp³-hybridized carbons (Fsp3) is 0.286. The van der Waals surface area contributed by atoms with E-state index in [-0.39, 0.29) is 6.10 Å². The molecule has 0 saturated heterocycles. The summed E-state index contributed by atoms with van der Waals surface area (Å²) in [6.07, 6.45) is 1.46. The molecule has 2 heterocycles. The number of nitrogens with one attached hydrogen (secondary N) is 1. The summed E-state index contributed by atoms with van der Waals surface area (Å²) in [6, 6.07) is 5.74. The van der Waals surface area contributed by atoms with Crippen molar-refractivity contribution < 1.29 is 18.6 Å². The van der Waals surface area contributed by atoms with E-state index in [2.05, 4.69) is 5.32 Å². The van der Waals surface area contributed by atoms with Crippen molar-refractivity contribution in [3.05, 3.63) is 35.6 Å². The second-order valence-electron chi connectivity index (χ2n) is 4.21. The first kappa shape index (κ1) is 11.9. The lowest BCUT2D eigenvalue weighted by atomic mass is 9.97. The normalized spacial score (nSPS) is 16.3. The molecular weight excluding hydrogens is 246 g/mol. The Morgan fingerprint density at radius 3 is 2.58 bits per heavy atom. The molecule has 100 valence electrons. The summed E-state index contributed by atoms with van der Waals surface area (Å²) in [4.78, 5) is 0. The number of ether oxygens (including phenoxy) is 3. The number of rotatable bonds is 3. The highest BCUT2D eigenvalue weighted by Crippen LogP contribution is 2.49. The van der Waals surface area contributed by atoms with Crippen molar-refractivity contribution in [2.24, 2.45) is 0 Å². The van der Waals surface area contributed by atoms with E-state index >= 15 is 0 Å². The standard InChI is InChI=1S/C14H15NO4/c1-16-10-5-4-8-11(13(10)18-3)15-14-9(6-7-19-14)12(8)17-2/h4-7,12,15H,1-3H3/t12-/m1/s1. The van der Waals surface area contributed by atoms with Crippen molar-refractivity contribution in [3.8, 4) is 11.5 Å². The lowest BCUT2D eigenvalue weighted by Crippen LogP contribution is -2.14. The molecular formula is C14H15NO4. The molecule has 0 fully saturated rings. The van der Waals surface area contributed by atoms with E-state index in [1.54, 1.807) is 27.6 Å². The van der Waals surface area contributed by atoms with E-state index in [0.717, 1.165) is 16.8 Å². The molecule has 2 aromatic rings. The third-order valence-corrected chi connectivity index (χ3v) is 3.31. The van der Waals surface area contributed by atoms with Crippen LogP contribution in [0.1, 0.15) is 17.2 Å². The molecule has 5 heteroatoms. The Balaban J connectivity index is 2.20. The molecule has 1 aliphatic heterocycles. The first-order valence-electron chi connectivity index (χ1n) is 5.92. The molecule has 1 aliphatic rings. The van der Waals surface area contributed by atoms with E-state index < -0.39 is 0 Å². The number of methoxy groups -OCH3 is 3. The minimum absolute atomic E-state index is 0.176. The Bertz CT molecular complexity index is 605. The molecule has 1 N–H and O–H groups in total. The number of hydrogen-bond donors (Lipinski definition) is 1. The molecule has 5 nitrogen and oxygen atoms in total. The van der Waals surface area contributed by atoms with Crippen LogP contribution in [0, 0.1) is 0 Å². The third kappa shape index (κ3) is 1.66. The van der Waals surface area contributed by atoms with Crippen LogP contribution < -0.4 is 14.8 Å². The van der Waals surface area contributed by atoms with Crippen LogP contribution in [0.25, 0.3) is 0 Å². The summed E-state index contributed by atoms with van der Waals surface area (Å²) in [5.41, 5.74) is 2.78. The van der Waals surface area contributed by atoms with Crippen molar-refractivity contribution in [2.45, 2.75) is 6.10 Å². The molecule has 1 atom stereocenters. The zero-order chi connectivity index (χ0) is 13.4. The van der Waals surface area contributed by atoms with Gasteiger partial charge in [-0.25, -0.2) is 0 Å². The zero-order valence-corrected chi connectivity index (χ0v) is 11.0. The minimum Gasteiger partial charge on any atom is -0.493 e. The lowest BCUT2D eigenvalue weighted by molar-refractivity contribution is 0.135. The van der Waals surface area contributed by atoms with Gasteiger partial charge in [-0.2, -0.15) is 0 Å². The second-order valence-corrected chi connectivity index (χ2v) is 4.21. The van der Waals surface area contributed by atoms with Gasteiger partial charge in [0.15, 0.2) is 11.5 Å². The second kappa shape index (κ2) is 4.51. The number of benzene rings is 1. The Labute approximate surface area is 111 Å². The molecule has 0 unspecified atom stereocenters.